The monoisotopic (exact) mass is 331 g/mol. The van der Waals surface area contributed by atoms with Crippen molar-refractivity contribution >= 4 is 17.6 Å². The van der Waals surface area contributed by atoms with Gasteiger partial charge in [-0.05, 0) is 31.6 Å². The quantitative estimate of drug-likeness (QED) is 0.863. The second kappa shape index (κ2) is 7.59. The Hall–Kier alpha value is -2.18. The topological polar surface area (TPSA) is 92.4 Å². The summed E-state index contributed by atoms with van der Waals surface area (Å²) < 4.78 is 0. The van der Waals surface area contributed by atoms with Crippen LogP contribution in [0.15, 0.2) is 12.4 Å². The summed E-state index contributed by atoms with van der Waals surface area (Å²) in [4.78, 5) is 36.2. The van der Waals surface area contributed by atoms with Gasteiger partial charge in [-0.15, -0.1) is 0 Å². The number of nitrogens with zero attached hydrogens (tertiary/aromatic N) is 4. The lowest BCUT2D eigenvalue weighted by atomic mass is 9.93. The van der Waals surface area contributed by atoms with Crippen molar-refractivity contribution in [2.75, 3.05) is 31.9 Å². The molecule has 2 saturated heterocycles. The molecule has 3 heterocycles. The van der Waals surface area contributed by atoms with Crippen molar-refractivity contribution in [1.82, 2.24) is 19.8 Å². The first kappa shape index (κ1) is 16.7. The van der Waals surface area contributed by atoms with Crippen molar-refractivity contribution in [3.05, 3.63) is 18.1 Å². The van der Waals surface area contributed by atoms with Gasteiger partial charge in [0.25, 0.3) is 0 Å². The predicted molar refractivity (Wildman–Crippen MR) is 89.9 cm³/mol. The molecule has 2 N–H and O–H groups in total. The molecule has 2 amide bonds. The van der Waals surface area contributed by atoms with Gasteiger partial charge in [-0.25, -0.2) is 4.98 Å². The number of carbonyl (C=O) groups is 2. The Balaban J connectivity index is 1.50. The van der Waals surface area contributed by atoms with Crippen LogP contribution >= 0.6 is 0 Å². The smallest absolute Gasteiger partial charge is 0.224 e. The summed E-state index contributed by atoms with van der Waals surface area (Å²) in [5, 5.41) is 0. The number of carbonyl (C=O) groups excluding carboxylic acids is 2. The van der Waals surface area contributed by atoms with E-state index in [2.05, 4.69) is 9.97 Å². The Morgan fingerprint density at radius 1 is 1.25 bits per heavy atom. The zero-order valence-electron chi connectivity index (χ0n) is 14.0. The molecule has 1 atom stereocenters. The number of hydrogen-bond acceptors (Lipinski definition) is 5. The summed E-state index contributed by atoms with van der Waals surface area (Å²) >= 11 is 0. The molecular weight excluding hydrogens is 306 g/mol. The fraction of sp³-hybridized carbons (Fsp3) is 0.647. The molecule has 0 spiro atoms. The van der Waals surface area contributed by atoms with E-state index in [1.807, 2.05) is 4.90 Å². The third-order valence-corrected chi connectivity index (χ3v) is 4.93. The van der Waals surface area contributed by atoms with Gasteiger partial charge in [0.15, 0.2) is 0 Å². The average molecular weight is 331 g/mol. The first-order chi connectivity index (χ1) is 11.6. The Morgan fingerprint density at radius 2 is 2.08 bits per heavy atom. The molecule has 3 rings (SSSR count). The Kier molecular flexibility index (Phi) is 5.27. The maximum absolute atomic E-state index is 12.5. The van der Waals surface area contributed by atoms with Crippen LogP contribution in [0.3, 0.4) is 0 Å². The molecule has 0 bridgehead atoms. The SMILES string of the molecule is Nc1nccnc1CC1CCCN(C(=O)CCN2CCCC2=O)C1. The van der Waals surface area contributed by atoms with E-state index in [0.29, 0.717) is 31.1 Å². The van der Waals surface area contributed by atoms with E-state index in [0.717, 1.165) is 51.0 Å². The highest BCUT2D eigenvalue weighted by Gasteiger charge is 2.26. The van der Waals surface area contributed by atoms with Gasteiger partial charge in [0.05, 0.1) is 5.69 Å². The number of amides is 2. The van der Waals surface area contributed by atoms with Gasteiger partial charge < -0.3 is 15.5 Å². The molecule has 2 fully saturated rings. The van der Waals surface area contributed by atoms with Crippen molar-refractivity contribution in [2.45, 2.75) is 38.5 Å². The summed E-state index contributed by atoms with van der Waals surface area (Å²) in [5.41, 5.74) is 6.69. The predicted octanol–water partition coefficient (Wildman–Crippen LogP) is 0.852. The summed E-state index contributed by atoms with van der Waals surface area (Å²) in [6, 6.07) is 0. The number of piperidine rings is 1. The van der Waals surface area contributed by atoms with Crippen LogP contribution in [-0.4, -0.2) is 57.8 Å². The Morgan fingerprint density at radius 3 is 2.83 bits per heavy atom. The number of anilines is 1. The van der Waals surface area contributed by atoms with E-state index in [1.54, 1.807) is 17.3 Å². The zero-order chi connectivity index (χ0) is 16.9. The van der Waals surface area contributed by atoms with Crippen molar-refractivity contribution < 1.29 is 9.59 Å². The van der Waals surface area contributed by atoms with Gasteiger partial charge in [-0.1, -0.05) is 0 Å². The molecule has 7 heteroatoms. The van der Waals surface area contributed by atoms with Crippen molar-refractivity contribution in [2.24, 2.45) is 5.92 Å². The Bertz CT molecular complexity index is 606. The maximum Gasteiger partial charge on any atom is 0.224 e. The van der Waals surface area contributed by atoms with Crippen molar-refractivity contribution in [3.63, 3.8) is 0 Å². The lowest BCUT2D eigenvalue weighted by Gasteiger charge is -2.33. The molecule has 0 aromatic carbocycles. The van der Waals surface area contributed by atoms with Gasteiger partial charge in [0.2, 0.25) is 11.8 Å². The lowest BCUT2D eigenvalue weighted by Crippen LogP contribution is -2.42. The highest BCUT2D eigenvalue weighted by molar-refractivity contribution is 5.80. The number of rotatable bonds is 5. The minimum absolute atomic E-state index is 0.145. The van der Waals surface area contributed by atoms with E-state index < -0.39 is 0 Å². The number of likely N-dealkylation sites (tertiary alicyclic amines) is 2. The number of aromatic nitrogens is 2. The largest absolute Gasteiger partial charge is 0.382 e. The van der Waals surface area contributed by atoms with Crippen LogP contribution in [0.25, 0.3) is 0 Å². The van der Waals surface area contributed by atoms with Gasteiger partial charge in [-0.3, -0.25) is 14.6 Å². The zero-order valence-corrected chi connectivity index (χ0v) is 14.0. The highest BCUT2D eigenvalue weighted by Crippen LogP contribution is 2.22. The average Bonchev–Trinajstić information content (AvgIpc) is 3.00. The normalized spacial score (nSPS) is 21.3. The summed E-state index contributed by atoms with van der Waals surface area (Å²) in [5.74, 6) is 1.17. The van der Waals surface area contributed by atoms with E-state index in [-0.39, 0.29) is 11.8 Å². The van der Waals surface area contributed by atoms with Crippen LogP contribution in [0.1, 0.15) is 37.8 Å². The van der Waals surface area contributed by atoms with Crippen molar-refractivity contribution in [3.8, 4) is 0 Å². The first-order valence-corrected chi connectivity index (χ1v) is 8.74. The van der Waals surface area contributed by atoms with E-state index in [4.69, 9.17) is 5.73 Å². The van der Waals surface area contributed by atoms with Gasteiger partial charge in [-0.2, -0.15) is 0 Å². The molecule has 130 valence electrons. The van der Waals surface area contributed by atoms with Crippen LogP contribution in [0, 0.1) is 5.92 Å². The van der Waals surface area contributed by atoms with E-state index in [9.17, 15) is 9.59 Å². The molecule has 7 nitrogen and oxygen atoms in total. The summed E-state index contributed by atoms with van der Waals surface area (Å²) in [7, 11) is 0. The maximum atomic E-state index is 12.5. The Labute approximate surface area is 142 Å². The van der Waals surface area contributed by atoms with Crippen LogP contribution in [0.5, 0.6) is 0 Å². The molecule has 2 aliphatic heterocycles. The minimum atomic E-state index is 0.145. The van der Waals surface area contributed by atoms with Crippen LogP contribution in [0.2, 0.25) is 0 Å². The highest BCUT2D eigenvalue weighted by atomic mass is 16.2. The molecule has 1 aromatic heterocycles. The van der Waals surface area contributed by atoms with E-state index >= 15 is 0 Å². The van der Waals surface area contributed by atoms with Crippen LogP contribution < -0.4 is 5.73 Å². The lowest BCUT2D eigenvalue weighted by molar-refractivity contribution is -0.134. The van der Waals surface area contributed by atoms with Gasteiger partial charge in [0.1, 0.15) is 5.82 Å². The molecule has 1 aromatic rings. The van der Waals surface area contributed by atoms with Gasteiger partial charge >= 0.3 is 0 Å². The van der Waals surface area contributed by atoms with E-state index in [1.165, 1.54) is 0 Å². The minimum Gasteiger partial charge on any atom is -0.382 e. The molecule has 2 aliphatic rings. The summed E-state index contributed by atoms with van der Waals surface area (Å²) in [6.07, 6.45) is 8.04. The molecule has 1 unspecified atom stereocenters. The standard InChI is InChI=1S/C17H25N5O2/c18-17-14(19-6-7-20-17)11-13-3-1-9-22(12-13)16(24)5-10-21-8-2-4-15(21)23/h6-7,13H,1-5,8-12H2,(H2,18,20). The molecule has 0 aliphatic carbocycles. The second-order valence-corrected chi connectivity index (χ2v) is 6.67. The number of hydrogen-bond donors (Lipinski definition) is 1. The molecule has 24 heavy (non-hydrogen) atoms. The molecule has 0 radical (unpaired) electrons. The number of nitrogens with two attached hydrogens (primary N) is 1. The summed E-state index contributed by atoms with van der Waals surface area (Å²) in [6.45, 7) is 2.89. The fourth-order valence-corrected chi connectivity index (χ4v) is 3.60. The molecule has 0 saturated carbocycles. The van der Waals surface area contributed by atoms with Crippen LogP contribution in [0.4, 0.5) is 5.82 Å². The number of nitrogen functional groups attached to an aromatic ring is 1. The first-order valence-electron chi connectivity index (χ1n) is 8.74. The fourth-order valence-electron chi connectivity index (χ4n) is 3.60. The van der Waals surface area contributed by atoms with Crippen molar-refractivity contribution in [1.29, 1.82) is 0 Å². The van der Waals surface area contributed by atoms with Gasteiger partial charge in [0, 0.05) is 51.4 Å². The third-order valence-electron chi connectivity index (χ3n) is 4.93. The second-order valence-electron chi connectivity index (χ2n) is 6.67. The third kappa shape index (κ3) is 4.01. The molecular formula is C17H25N5O2. The van der Waals surface area contributed by atoms with Crippen LogP contribution in [-0.2, 0) is 16.0 Å².